The quantitative estimate of drug-likeness (QED) is 0.500. The molecule has 0 atom stereocenters. The Bertz CT molecular complexity index is 1030. The zero-order chi connectivity index (χ0) is 20.9. The fraction of sp³-hybridized carbons (Fsp3) is 0.333. The lowest BCUT2D eigenvalue weighted by Gasteiger charge is -2.12. The SMILES string of the molecule is CCOC(=O)c1c(NC(=O)CCc2ccc(-c3ccccc3)o2)sc2c1CCCC2. The number of carbonyl (C=O) groups is 2. The molecule has 4 rings (SSSR count). The Morgan fingerprint density at radius 3 is 2.70 bits per heavy atom. The molecule has 0 fully saturated rings. The first-order valence-electron chi connectivity index (χ1n) is 10.4. The number of furan rings is 1. The lowest BCUT2D eigenvalue weighted by atomic mass is 9.95. The second-order valence-corrected chi connectivity index (χ2v) is 8.42. The van der Waals surface area contributed by atoms with Crippen LogP contribution in [-0.2, 0) is 28.8 Å². The smallest absolute Gasteiger partial charge is 0.341 e. The number of rotatable bonds is 7. The van der Waals surface area contributed by atoms with Gasteiger partial charge in [-0.15, -0.1) is 11.3 Å². The highest BCUT2D eigenvalue weighted by molar-refractivity contribution is 7.17. The molecule has 1 aliphatic carbocycles. The first-order valence-corrected chi connectivity index (χ1v) is 11.2. The van der Waals surface area contributed by atoms with Crippen molar-refractivity contribution in [1.82, 2.24) is 0 Å². The van der Waals surface area contributed by atoms with E-state index in [1.807, 2.05) is 42.5 Å². The fourth-order valence-electron chi connectivity index (χ4n) is 3.77. The van der Waals surface area contributed by atoms with Gasteiger partial charge in [-0.3, -0.25) is 4.79 Å². The molecule has 1 N–H and O–H groups in total. The van der Waals surface area contributed by atoms with Crippen LogP contribution in [0.4, 0.5) is 5.00 Å². The molecule has 30 heavy (non-hydrogen) atoms. The van der Waals surface area contributed by atoms with Gasteiger partial charge in [-0.2, -0.15) is 0 Å². The van der Waals surface area contributed by atoms with Crippen LogP contribution in [0, 0.1) is 0 Å². The van der Waals surface area contributed by atoms with Crippen LogP contribution >= 0.6 is 11.3 Å². The Kier molecular flexibility index (Phi) is 6.33. The van der Waals surface area contributed by atoms with Crippen molar-refractivity contribution in [2.75, 3.05) is 11.9 Å². The van der Waals surface area contributed by atoms with Crippen molar-refractivity contribution in [3.63, 3.8) is 0 Å². The number of amides is 1. The minimum atomic E-state index is -0.342. The van der Waals surface area contributed by atoms with Crippen molar-refractivity contribution in [3.8, 4) is 11.3 Å². The number of hydrogen-bond acceptors (Lipinski definition) is 5. The van der Waals surface area contributed by atoms with Crippen molar-refractivity contribution in [1.29, 1.82) is 0 Å². The second kappa shape index (κ2) is 9.30. The van der Waals surface area contributed by atoms with Crippen LogP contribution in [0.1, 0.15) is 52.7 Å². The average Bonchev–Trinajstić information content (AvgIpc) is 3.37. The van der Waals surface area contributed by atoms with E-state index < -0.39 is 0 Å². The number of esters is 1. The number of benzene rings is 1. The van der Waals surface area contributed by atoms with Crippen molar-refractivity contribution in [3.05, 3.63) is 64.2 Å². The van der Waals surface area contributed by atoms with Crippen molar-refractivity contribution in [2.24, 2.45) is 0 Å². The largest absolute Gasteiger partial charge is 0.462 e. The number of aryl methyl sites for hydroxylation is 2. The number of hydrogen-bond donors (Lipinski definition) is 1. The number of thiophene rings is 1. The Hall–Kier alpha value is -2.86. The summed E-state index contributed by atoms with van der Waals surface area (Å²) in [6.07, 6.45) is 4.78. The molecule has 0 bridgehead atoms. The third-order valence-electron chi connectivity index (χ3n) is 5.22. The summed E-state index contributed by atoms with van der Waals surface area (Å²) in [7, 11) is 0. The Labute approximate surface area is 180 Å². The van der Waals surface area contributed by atoms with E-state index in [9.17, 15) is 9.59 Å². The van der Waals surface area contributed by atoms with E-state index in [1.165, 1.54) is 16.2 Å². The van der Waals surface area contributed by atoms with E-state index in [0.717, 1.165) is 48.3 Å². The highest BCUT2D eigenvalue weighted by Gasteiger charge is 2.27. The van der Waals surface area contributed by atoms with Crippen LogP contribution in [0.25, 0.3) is 11.3 Å². The number of ether oxygens (including phenoxy) is 1. The van der Waals surface area contributed by atoms with Gasteiger partial charge in [0.05, 0.1) is 12.2 Å². The van der Waals surface area contributed by atoms with Crippen LogP contribution in [-0.4, -0.2) is 18.5 Å². The lowest BCUT2D eigenvalue weighted by molar-refractivity contribution is -0.116. The predicted molar refractivity (Wildman–Crippen MR) is 118 cm³/mol. The maximum atomic E-state index is 12.6. The lowest BCUT2D eigenvalue weighted by Crippen LogP contribution is -2.16. The molecule has 5 nitrogen and oxygen atoms in total. The molecule has 1 aliphatic rings. The standard InChI is InChI=1S/C24H25NO4S/c1-2-28-24(27)22-18-10-6-7-11-20(18)30-23(22)25-21(26)15-13-17-12-14-19(29-17)16-8-4-3-5-9-16/h3-5,8-9,12,14H,2,6-7,10-11,13,15H2,1H3,(H,25,26). The third kappa shape index (κ3) is 4.49. The van der Waals surface area contributed by atoms with Gasteiger partial charge in [-0.25, -0.2) is 4.79 Å². The first-order chi connectivity index (χ1) is 14.7. The molecule has 6 heteroatoms. The number of nitrogens with one attached hydrogen (secondary N) is 1. The van der Waals surface area contributed by atoms with Gasteiger partial charge in [0.25, 0.3) is 0 Å². The van der Waals surface area contributed by atoms with Crippen molar-refractivity contribution in [2.45, 2.75) is 45.4 Å². The van der Waals surface area contributed by atoms with Gasteiger partial charge < -0.3 is 14.5 Å². The van der Waals surface area contributed by atoms with Crippen LogP contribution in [0.5, 0.6) is 0 Å². The van der Waals surface area contributed by atoms with E-state index in [4.69, 9.17) is 9.15 Å². The molecule has 1 aromatic carbocycles. The maximum Gasteiger partial charge on any atom is 0.341 e. The van der Waals surface area contributed by atoms with E-state index in [2.05, 4.69) is 5.32 Å². The van der Waals surface area contributed by atoms with Gasteiger partial charge >= 0.3 is 5.97 Å². The molecule has 2 heterocycles. The van der Waals surface area contributed by atoms with Crippen LogP contribution in [0.3, 0.4) is 0 Å². The van der Waals surface area contributed by atoms with Crippen molar-refractivity contribution < 1.29 is 18.7 Å². The summed E-state index contributed by atoms with van der Waals surface area (Å²) in [5.41, 5.74) is 2.62. The highest BCUT2D eigenvalue weighted by Crippen LogP contribution is 2.38. The monoisotopic (exact) mass is 423 g/mol. The summed E-state index contributed by atoms with van der Waals surface area (Å²) in [4.78, 5) is 26.3. The highest BCUT2D eigenvalue weighted by atomic mass is 32.1. The van der Waals surface area contributed by atoms with Gasteiger partial charge in [0.2, 0.25) is 5.91 Å². The molecule has 0 aliphatic heterocycles. The van der Waals surface area contributed by atoms with E-state index in [1.54, 1.807) is 6.92 Å². The van der Waals surface area contributed by atoms with Gasteiger partial charge in [-0.05, 0) is 50.3 Å². The molecule has 156 valence electrons. The molecule has 0 saturated heterocycles. The molecule has 2 aromatic heterocycles. The normalized spacial score (nSPS) is 13.0. The van der Waals surface area contributed by atoms with Gasteiger partial charge in [-0.1, -0.05) is 30.3 Å². The van der Waals surface area contributed by atoms with E-state index in [0.29, 0.717) is 23.6 Å². The Morgan fingerprint density at radius 1 is 1.10 bits per heavy atom. The molecular weight excluding hydrogens is 398 g/mol. The van der Waals surface area contributed by atoms with E-state index >= 15 is 0 Å². The fourth-order valence-corrected chi connectivity index (χ4v) is 5.06. The summed E-state index contributed by atoms with van der Waals surface area (Å²) >= 11 is 1.51. The Balaban J connectivity index is 1.43. The van der Waals surface area contributed by atoms with Gasteiger partial charge in [0.1, 0.15) is 16.5 Å². The average molecular weight is 424 g/mol. The van der Waals surface area contributed by atoms with Gasteiger partial charge in [0.15, 0.2) is 0 Å². The number of fused-ring (bicyclic) bond motifs is 1. The van der Waals surface area contributed by atoms with Crippen molar-refractivity contribution >= 4 is 28.2 Å². The maximum absolute atomic E-state index is 12.6. The summed E-state index contributed by atoms with van der Waals surface area (Å²) < 4.78 is 11.1. The molecule has 1 amide bonds. The molecule has 0 spiro atoms. The summed E-state index contributed by atoms with van der Waals surface area (Å²) in [5, 5.41) is 3.57. The summed E-state index contributed by atoms with van der Waals surface area (Å²) in [5.74, 6) is 1.09. The zero-order valence-corrected chi connectivity index (χ0v) is 17.8. The zero-order valence-electron chi connectivity index (χ0n) is 17.0. The third-order valence-corrected chi connectivity index (χ3v) is 6.43. The minimum absolute atomic E-state index is 0.128. The van der Waals surface area contributed by atoms with E-state index in [-0.39, 0.29) is 18.3 Å². The molecule has 0 unspecified atom stereocenters. The molecule has 3 aromatic rings. The first kappa shape index (κ1) is 20.4. The van der Waals surface area contributed by atoms with Crippen LogP contribution < -0.4 is 5.32 Å². The number of carbonyl (C=O) groups excluding carboxylic acids is 2. The Morgan fingerprint density at radius 2 is 1.90 bits per heavy atom. The minimum Gasteiger partial charge on any atom is -0.462 e. The summed E-state index contributed by atoms with van der Waals surface area (Å²) in [6.45, 7) is 2.11. The number of anilines is 1. The summed E-state index contributed by atoms with van der Waals surface area (Å²) in [6, 6.07) is 13.7. The van der Waals surface area contributed by atoms with Crippen LogP contribution in [0.15, 0.2) is 46.9 Å². The van der Waals surface area contributed by atoms with Gasteiger partial charge in [0, 0.05) is 23.3 Å². The second-order valence-electron chi connectivity index (χ2n) is 7.32. The molecule has 0 radical (unpaired) electrons. The molecular formula is C24H25NO4S. The topological polar surface area (TPSA) is 68.5 Å². The predicted octanol–water partition coefficient (Wildman–Crippen LogP) is 5.63. The van der Waals surface area contributed by atoms with Crippen LogP contribution in [0.2, 0.25) is 0 Å². The molecule has 0 saturated carbocycles.